The van der Waals surface area contributed by atoms with Crippen LogP contribution in [0.4, 0.5) is 0 Å². The molecule has 0 radical (unpaired) electrons. The number of aromatic nitrogens is 2. The Labute approximate surface area is 120 Å². The van der Waals surface area contributed by atoms with E-state index in [0.29, 0.717) is 0 Å². The van der Waals surface area contributed by atoms with E-state index in [4.69, 9.17) is 0 Å². The molecule has 1 aliphatic rings. The number of nitrogens with zero attached hydrogens (tertiary/aromatic N) is 3. The van der Waals surface area contributed by atoms with Crippen molar-refractivity contribution in [2.24, 2.45) is 13.0 Å². The van der Waals surface area contributed by atoms with Gasteiger partial charge < -0.3 is 14.6 Å². The van der Waals surface area contributed by atoms with Gasteiger partial charge in [-0.05, 0) is 49.5 Å². The number of likely N-dealkylation sites (tertiary alicyclic amines) is 1. The maximum absolute atomic E-state index is 10.4. The molecule has 2 heterocycles. The van der Waals surface area contributed by atoms with Crippen LogP contribution in [-0.4, -0.2) is 39.2 Å². The Morgan fingerprint density at radius 1 is 1.35 bits per heavy atom. The second-order valence-corrected chi connectivity index (χ2v) is 6.10. The molecule has 20 heavy (non-hydrogen) atoms. The first kappa shape index (κ1) is 13.6. The molecule has 1 aromatic heterocycles. The van der Waals surface area contributed by atoms with Gasteiger partial charge in [-0.15, -0.1) is 0 Å². The Morgan fingerprint density at radius 2 is 2.10 bits per heavy atom. The van der Waals surface area contributed by atoms with Gasteiger partial charge >= 0.3 is 0 Å². The van der Waals surface area contributed by atoms with Gasteiger partial charge in [0.2, 0.25) is 0 Å². The lowest BCUT2D eigenvalue weighted by Gasteiger charge is -2.31. The first-order chi connectivity index (χ1) is 9.63. The second-order valence-electron chi connectivity index (χ2n) is 6.10. The topological polar surface area (TPSA) is 41.3 Å². The van der Waals surface area contributed by atoms with Crippen molar-refractivity contribution in [2.45, 2.75) is 25.9 Å². The Balaban J connectivity index is 1.70. The predicted molar refractivity (Wildman–Crippen MR) is 80.5 cm³/mol. The van der Waals surface area contributed by atoms with E-state index in [1.54, 1.807) is 0 Å². The van der Waals surface area contributed by atoms with Crippen molar-refractivity contribution in [3.8, 4) is 0 Å². The zero-order chi connectivity index (χ0) is 14.1. The highest BCUT2D eigenvalue weighted by atomic mass is 16.3. The number of imidazole rings is 1. The van der Waals surface area contributed by atoms with E-state index < -0.39 is 6.10 Å². The van der Waals surface area contributed by atoms with Crippen LogP contribution in [0.25, 0.3) is 11.0 Å². The van der Waals surface area contributed by atoms with E-state index in [9.17, 15) is 5.11 Å². The summed E-state index contributed by atoms with van der Waals surface area (Å²) in [5, 5.41) is 10.4. The van der Waals surface area contributed by atoms with Crippen molar-refractivity contribution >= 4 is 11.0 Å². The van der Waals surface area contributed by atoms with Gasteiger partial charge in [-0.25, -0.2) is 4.98 Å². The maximum atomic E-state index is 10.4. The van der Waals surface area contributed by atoms with Gasteiger partial charge in [-0.3, -0.25) is 0 Å². The minimum atomic E-state index is -0.421. The number of aryl methyl sites for hydroxylation is 1. The smallest absolute Gasteiger partial charge is 0.0955 e. The molecule has 0 saturated carbocycles. The van der Waals surface area contributed by atoms with Crippen molar-refractivity contribution in [3.63, 3.8) is 0 Å². The van der Waals surface area contributed by atoms with Crippen molar-refractivity contribution < 1.29 is 5.11 Å². The summed E-state index contributed by atoms with van der Waals surface area (Å²) in [7, 11) is 1.99. The third-order valence-corrected chi connectivity index (χ3v) is 4.44. The number of aliphatic hydroxyl groups excluding tert-OH is 1. The molecule has 108 valence electrons. The third kappa shape index (κ3) is 2.72. The SMILES string of the molecule is CC1CCN(CC(O)c2ccc3c(c2)ncn3C)CC1. The summed E-state index contributed by atoms with van der Waals surface area (Å²) in [6.45, 7) is 5.24. The Bertz CT molecular complexity index is 584. The highest BCUT2D eigenvalue weighted by Gasteiger charge is 2.19. The first-order valence-corrected chi connectivity index (χ1v) is 7.45. The molecule has 4 nitrogen and oxygen atoms in total. The quantitative estimate of drug-likeness (QED) is 0.933. The summed E-state index contributed by atoms with van der Waals surface area (Å²) < 4.78 is 2.00. The molecule has 0 bridgehead atoms. The molecule has 1 atom stereocenters. The van der Waals surface area contributed by atoms with Gasteiger partial charge in [0.15, 0.2) is 0 Å². The standard InChI is InChI=1S/C16H23N3O/c1-12-5-7-19(8-6-12)10-16(20)13-3-4-15-14(9-13)17-11-18(15)2/h3-4,9,11-12,16,20H,5-8,10H2,1-2H3. The summed E-state index contributed by atoms with van der Waals surface area (Å²) in [5.41, 5.74) is 3.03. The molecule has 1 aliphatic heterocycles. The number of fused-ring (bicyclic) bond motifs is 1. The van der Waals surface area contributed by atoms with Crippen LogP contribution >= 0.6 is 0 Å². The Hall–Kier alpha value is -1.39. The minimum Gasteiger partial charge on any atom is -0.387 e. The molecular formula is C16H23N3O. The lowest BCUT2D eigenvalue weighted by Crippen LogP contribution is -2.35. The zero-order valence-corrected chi connectivity index (χ0v) is 12.3. The molecule has 2 aromatic rings. The normalized spacial score (nSPS) is 19.6. The number of rotatable bonds is 3. The van der Waals surface area contributed by atoms with Crippen LogP contribution < -0.4 is 0 Å². The Morgan fingerprint density at radius 3 is 2.85 bits per heavy atom. The van der Waals surface area contributed by atoms with Crippen molar-refractivity contribution in [1.29, 1.82) is 0 Å². The minimum absolute atomic E-state index is 0.421. The van der Waals surface area contributed by atoms with Gasteiger partial charge in [0.05, 0.1) is 23.5 Å². The van der Waals surface area contributed by atoms with E-state index in [1.165, 1.54) is 12.8 Å². The molecule has 1 aromatic carbocycles. The average Bonchev–Trinajstić information content (AvgIpc) is 2.82. The number of hydrogen-bond donors (Lipinski definition) is 1. The van der Waals surface area contributed by atoms with Gasteiger partial charge in [-0.1, -0.05) is 13.0 Å². The van der Waals surface area contributed by atoms with Crippen molar-refractivity contribution in [1.82, 2.24) is 14.5 Å². The molecule has 4 heteroatoms. The first-order valence-electron chi connectivity index (χ1n) is 7.45. The number of piperidine rings is 1. The molecule has 1 unspecified atom stereocenters. The largest absolute Gasteiger partial charge is 0.387 e. The van der Waals surface area contributed by atoms with Crippen LogP contribution in [0.15, 0.2) is 24.5 Å². The highest BCUT2D eigenvalue weighted by molar-refractivity contribution is 5.76. The van der Waals surface area contributed by atoms with Crippen molar-refractivity contribution in [3.05, 3.63) is 30.1 Å². The van der Waals surface area contributed by atoms with Crippen LogP contribution in [0.3, 0.4) is 0 Å². The number of benzene rings is 1. The van der Waals surface area contributed by atoms with Gasteiger partial charge in [0, 0.05) is 13.6 Å². The summed E-state index contributed by atoms with van der Waals surface area (Å²) in [6, 6.07) is 6.06. The van der Waals surface area contributed by atoms with Gasteiger partial charge in [0.25, 0.3) is 0 Å². The third-order valence-electron chi connectivity index (χ3n) is 4.44. The molecule has 1 N–H and O–H groups in total. The van der Waals surface area contributed by atoms with E-state index >= 15 is 0 Å². The molecule has 1 saturated heterocycles. The molecule has 1 fully saturated rings. The van der Waals surface area contributed by atoms with Crippen LogP contribution in [0.2, 0.25) is 0 Å². The van der Waals surface area contributed by atoms with Crippen LogP contribution in [-0.2, 0) is 7.05 Å². The number of aliphatic hydroxyl groups is 1. The number of hydrogen-bond acceptors (Lipinski definition) is 3. The van der Waals surface area contributed by atoms with E-state index in [1.807, 2.05) is 36.1 Å². The molecular weight excluding hydrogens is 250 g/mol. The fourth-order valence-corrected chi connectivity index (χ4v) is 2.96. The summed E-state index contributed by atoms with van der Waals surface area (Å²) in [5.74, 6) is 0.827. The maximum Gasteiger partial charge on any atom is 0.0955 e. The lowest BCUT2D eigenvalue weighted by molar-refractivity contribution is 0.0917. The summed E-state index contributed by atoms with van der Waals surface area (Å²) >= 11 is 0. The fourth-order valence-electron chi connectivity index (χ4n) is 2.96. The zero-order valence-electron chi connectivity index (χ0n) is 12.3. The van der Waals surface area contributed by atoms with Crippen molar-refractivity contribution in [2.75, 3.05) is 19.6 Å². The average molecular weight is 273 g/mol. The summed E-state index contributed by atoms with van der Waals surface area (Å²) in [4.78, 5) is 6.72. The van der Waals surface area contributed by atoms with Crippen LogP contribution in [0, 0.1) is 5.92 Å². The fraction of sp³-hybridized carbons (Fsp3) is 0.562. The predicted octanol–water partition coefficient (Wildman–Crippen LogP) is 2.34. The lowest BCUT2D eigenvalue weighted by atomic mass is 9.98. The van der Waals surface area contributed by atoms with Gasteiger partial charge in [-0.2, -0.15) is 0 Å². The molecule has 0 spiro atoms. The highest BCUT2D eigenvalue weighted by Crippen LogP contribution is 2.22. The monoisotopic (exact) mass is 273 g/mol. The second kappa shape index (κ2) is 5.54. The summed E-state index contributed by atoms with van der Waals surface area (Å²) in [6.07, 6.45) is 3.88. The number of β-amino-alcohol motifs (C(OH)–C–C–N with tert-alkyl or cyclic N) is 1. The molecule has 3 rings (SSSR count). The molecule has 0 amide bonds. The van der Waals surface area contributed by atoms with Crippen LogP contribution in [0.5, 0.6) is 0 Å². The molecule has 0 aliphatic carbocycles. The van der Waals surface area contributed by atoms with E-state index in [2.05, 4.69) is 16.8 Å². The Kier molecular flexibility index (Phi) is 3.76. The van der Waals surface area contributed by atoms with E-state index in [0.717, 1.165) is 42.1 Å². The van der Waals surface area contributed by atoms with Crippen LogP contribution in [0.1, 0.15) is 31.4 Å². The van der Waals surface area contributed by atoms with Gasteiger partial charge in [0.1, 0.15) is 0 Å². The van der Waals surface area contributed by atoms with E-state index in [-0.39, 0.29) is 0 Å².